The number of rotatable bonds is 3. The minimum Gasteiger partial charge on any atom is -0.451 e. The number of amides is 1. The van der Waals surface area contributed by atoms with Crippen LogP contribution in [0.2, 0.25) is 0 Å². The number of carbonyl (C=O) groups excluding carboxylic acids is 1. The normalized spacial score (nSPS) is 17.8. The molecule has 1 amide bonds. The van der Waals surface area contributed by atoms with Crippen molar-refractivity contribution in [3.8, 4) is 0 Å². The Labute approximate surface area is 139 Å². The molecule has 3 aromatic rings. The van der Waals surface area contributed by atoms with Crippen molar-refractivity contribution in [2.45, 2.75) is 18.9 Å². The highest BCUT2D eigenvalue weighted by atomic mass is 16.3. The van der Waals surface area contributed by atoms with Gasteiger partial charge in [-0.3, -0.25) is 4.79 Å². The molecule has 1 atom stereocenters. The van der Waals surface area contributed by atoms with Crippen molar-refractivity contribution < 1.29 is 9.21 Å². The van der Waals surface area contributed by atoms with Gasteiger partial charge in [-0.1, -0.05) is 18.2 Å². The number of hydrogen-bond donors (Lipinski definition) is 1. The van der Waals surface area contributed by atoms with Crippen molar-refractivity contribution >= 4 is 22.8 Å². The van der Waals surface area contributed by atoms with Crippen molar-refractivity contribution in [3.05, 3.63) is 54.6 Å². The van der Waals surface area contributed by atoms with Crippen LogP contribution in [0.3, 0.4) is 0 Å². The van der Waals surface area contributed by atoms with E-state index in [0.29, 0.717) is 18.3 Å². The van der Waals surface area contributed by atoms with Gasteiger partial charge in [-0.2, -0.15) is 0 Å². The number of carbonyl (C=O) groups is 1. The molecule has 24 heavy (non-hydrogen) atoms. The van der Waals surface area contributed by atoms with Gasteiger partial charge in [-0.25, -0.2) is 9.97 Å². The maximum absolute atomic E-state index is 12.5. The monoisotopic (exact) mass is 322 g/mol. The maximum atomic E-state index is 12.5. The third kappa shape index (κ3) is 2.95. The summed E-state index contributed by atoms with van der Waals surface area (Å²) < 4.78 is 5.63. The largest absolute Gasteiger partial charge is 0.451 e. The SMILES string of the molecule is O=C(N[C@@H]1CCCN(c2ncccn2)C1)c1cc2ccccc2o1. The lowest BCUT2D eigenvalue weighted by molar-refractivity contribution is 0.0907. The second kappa shape index (κ2) is 6.31. The Bertz CT molecular complexity index is 813. The molecule has 6 nitrogen and oxygen atoms in total. The molecule has 0 spiro atoms. The number of fused-ring (bicyclic) bond motifs is 1. The molecule has 1 N–H and O–H groups in total. The highest BCUT2D eigenvalue weighted by molar-refractivity contribution is 5.96. The minimum atomic E-state index is -0.174. The first kappa shape index (κ1) is 14.7. The van der Waals surface area contributed by atoms with Crippen LogP contribution in [-0.2, 0) is 0 Å². The van der Waals surface area contributed by atoms with Gasteiger partial charge >= 0.3 is 0 Å². The van der Waals surface area contributed by atoms with Crippen molar-refractivity contribution in [2.24, 2.45) is 0 Å². The van der Waals surface area contributed by atoms with Gasteiger partial charge in [0, 0.05) is 36.9 Å². The Kier molecular flexibility index (Phi) is 3.86. The van der Waals surface area contributed by atoms with Gasteiger partial charge < -0.3 is 14.6 Å². The summed E-state index contributed by atoms with van der Waals surface area (Å²) in [6.07, 6.45) is 5.40. The van der Waals surface area contributed by atoms with E-state index in [4.69, 9.17) is 4.42 Å². The van der Waals surface area contributed by atoms with Crippen molar-refractivity contribution in [2.75, 3.05) is 18.0 Å². The molecule has 0 aliphatic carbocycles. The summed E-state index contributed by atoms with van der Waals surface area (Å²) in [6, 6.07) is 11.3. The molecule has 1 fully saturated rings. The Morgan fingerprint density at radius 3 is 2.88 bits per heavy atom. The predicted molar refractivity (Wildman–Crippen MR) is 90.9 cm³/mol. The lowest BCUT2D eigenvalue weighted by Gasteiger charge is -2.32. The average Bonchev–Trinajstić information content (AvgIpc) is 3.07. The Balaban J connectivity index is 1.45. The molecule has 4 rings (SSSR count). The van der Waals surface area contributed by atoms with Gasteiger partial charge in [-0.15, -0.1) is 0 Å². The molecule has 0 saturated carbocycles. The molecule has 0 radical (unpaired) electrons. The van der Waals surface area contributed by atoms with E-state index in [1.807, 2.05) is 24.3 Å². The smallest absolute Gasteiger partial charge is 0.287 e. The summed E-state index contributed by atoms with van der Waals surface area (Å²) >= 11 is 0. The number of para-hydroxylation sites is 1. The lowest BCUT2D eigenvalue weighted by atomic mass is 10.1. The maximum Gasteiger partial charge on any atom is 0.287 e. The van der Waals surface area contributed by atoms with E-state index in [9.17, 15) is 4.79 Å². The number of hydrogen-bond acceptors (Lipinski definition) is 5. The number of benzene rings is 1. The summed E-state index contributed by atoms with van der Waals surface area (Å²) in [7, 11) is 0. The molecule has 1 saturated heterocycles. The fraction of sp³-hybridized carbons (Fsp3) is 0.278. The first-order valence-electron chi connectivity index (χ1n) is 8.11. The Hall–Kier alpha value is -2.89. The number of nitrogens with zero attached hydrogens (tertiary/aromatic N) is 3. The summed E-state index contributed by atoms with van der Waals surface area (Å²) in [4.78, 5) is 23.1. The van der Waals surface area contributed by atoms with Crippen LogP contribution in [0.15, 0.2) is 53.2 Å². The zero-order chi connectivity index (χ0) is 16.4. The van der Waals surface area contributed by atoms with Gasteiger partial charge in [-0.05, 0) is 31.0 Å². The number of anilines is 1. The summed E-state index contributed by atoms with van der Waals surface area (Å²) in [6.45, 7) is 1.61. The van der Waals surface area contributed by atoms with E-state index >= 15 is 0 Å². The van der Waals surface area contributed by atoms with E-state index < -0.39 is 0 Å². The average molecular weight is 322 g/mol. The first-order chi connectivity index (χ1) is 11.8. The van der Waals surface area contributed by atoms with Gasteiger partial charge in [0.2, 0.25) is 5.95 Å². The van der Waals surface area contributed by atoms with Crippen LogP contribution in [-0.4, -0.2) is 35.0 Å². The fourth-order valence-corrected chi connectivity index (χ4v) is 3.08. The van der Waals surface area contributed by atoms with Crippen LogP contribution in [0.25, 0.3) is 11.0 Å². The van der Waals surface area contributed by atoms with E-state index in [1.54, 1.807) is 24.5 Å². The topological polar surface area (TPSA) is 71.3 Å². The van der Waals surface area contributed by atoms with E-state index in [0.717, 1.165) is 30.4 Å². The lowest BCUT2D eigenvalue weighted by Crippen LogP contribution is -2.48. The molecule has 1 aliphatic rings. The number of furan rings is 1. The van der Waals surface area contributed by atoms with E-state index in [1.165, 1.54) is 0 Å². The summed E-state index contributed by atoms with van der Waals surface area (Å²) in [5.41, 5.74) is 0.727. The third-order valence-electron chi connectivity index (χ3n) is 4.24. The van der Waals surface area contributed by atoms with Gasteiger partial charge in [0.25, 0.3) is 5.91 Å². The van der Waals surface area contributed by atoms with Gasteiger partial charge in [0.1, 0.15) is 5.58 Å². The molecule has 2 aromatic heterocycles. The number of piperidine rings is 1. The van der Waals surface area contributed by atoms with Crippen LogP contribution in [0.5, 0.6) is 0 Å². The predicted octanol–water partition coefficient (Wildman–Crippen LogP) is 2.62. The number of nitrogens with one attached hydrogen (secondary N) is 1. The quantitative estimate of drug-likeness (QED) is 0.802. The van der Waals surface area contributed by atoms with Crippen LogP contribution in [0.1, 0.15) is 23.4 Å². The third-order valence-corrected chi connectivity index (χ3v) is 4.24. The van der Waals surface area contributed by atoms with Crippen LogP contribution in [0, 0.1) is 0 Å². The molecule has 122 valence electrons. The van der Waals surface area contributed by atoms with Crippen LogP contribution < -0.4 is 10.2 Å². The molecular formula is C18H18N4O2. The first-order valence-corrected chi connectivity index (χ1v) is 8.11. The number of aromatic nitrogens is 2. The van der Waals surface area contributed by atoms with E-state index in [2.05, 4.69) is 20.2 Å². The second-order valence-electron chi connectivity index (χ2n) is 5.96. The molecule has 1 aromatic carbocycles. The Morgan fingerprint density at radius 2 is 2.04 bits per heavy atom. The van der Waals surface area contributed by atoms with Gasteiger partial charge in [0.05, 0.1) is 0 Å². The molecule has 6 heteroatoms. The molecule has 3 heterocycles. The fourth-order valence-electron chi connectivity index (χ4n) is 3.08. The van der Waals surface area contributed by atoms with Crippen molar-refractivity contribution in [1.29, 1.82) is 0 Å². The molecular weight excluding hydrogens is 304 g/mol. The zero-order valence-electron chi connectivity index (χ0n) is 13.2. The minimum absolute atomic E-state index is 0.0586. The van der Waals surface area contributed by atoms with Crippen molar-refractivity contribution in [3.63, 3.8) is 0 Å². The zero-order valence-corrected chi connectivity index (χ0v) is 13.2. The van der Waals surface area contributed by atoms with Crippen LogP contribution >= 0.6 is 0 Å². The van der Waals surface area contributed by atoms with Crippen molar-refractivity contribution in [1.82, 2.24) is 15.3 Å². The highest BCUT2D eigenvalue weighted by Gasteiger charge is 2.24. The second-order valence-corrected chi connectivity index (χ2v) is 5.96. The Morgan fingerprint density at radius 1 is 1.21 bits per heavy atom. The molecule has 0 bridgehead atoms. The summed E-state index contributed by atoms with van der Waals surface area (Å²) in [5.74, 6) is 0.886. The standard InChI is InChI=1S/C18H18N4O2/c23-17(16-11-13-5-1-2-7-15(13)24-16)21-14-6-3-10-22(12-14)18-19-8-4-9-20-18/h1-2,4-5,7-9,11,14H,3,6,10,12H2,(H,21,23)/t14-/m1/s1. The van der Waals surface area contributed by atoms with E-state index in [-0.39, 0.29) is 11.9 Å². The highest BCUT2D eigenvalue weighted by Crippen LogP contribution is 2.20. The van der Waals surface area contributed by atoms with Crippen LogP contribution in [0.4, 0.5) is 5.95 Å². The molecule has 0 unspecified atom stereocenters. The van der Waals surface area contributed by atoms with Gasteiger partial charge in [0.15, 0.2) is 5.76 Å². The summed E-state index contributed by atoms with van der Waals surface area (Å²) in [5, 5.41) is 4.00. The molecule has 1 aliphatic heterocycles.